The minimum atomic E-state index is -0.905. The van der Waals surface area contributed by atoms with Crippen molar-refractivity contribution >= 4 is 28.9 Å². The number of benzene rings is 1. The lowest BCUT2D eigenvalue weighted by Crippen LogP contribution is -2.00. The molecule has 1 aromatic carbocycles. The highest BCUT2D eigenvalue weighted by Gasteiger charge is 2.13. The molecule has 3 rings (SSSR count). The molecule has 8 heteroatoms. The molecular formula is C12H9N5O2S. The van der Waals surface area contributed by atoms with E-state index in [4.69, 9.17) is 5.11 Å². The fourth-order valence-electron chi connectivity index (χ4n) is 1.71. The SMILES string of the molecule is O=C(O)CSc1ncnc2c1nnn2-c1ccccc1. The maximum absolute atomic E-state index is 10.6. The van der Waals surface area contributed by atoms with Crippen LogP contribution >= 0.6 is 11.8 Å². The van der Waals surface area contributed by atoms with Gasteiger partial charge in [-0.2, -0.15) is 4.68 Å². The van der Waals surface area contributed by atoms with Gasteiger partial charge >= 0.3 is 5.97 Å². The fourth-order valence-corrected chi connectivity index (χ4v) is 2.36. The van der Waals surface area contributed by atoms with Crippen molar-refractivity contribution in [3.63, 3.8) is 0 Å². The van der Waals surface area contributed by atoms with Crippen LogP contribution in [-0.4, -0.2) is 41.8 Å². The highest BCUT2D eigenvalue weighted by Crippen LogP contribution is 2.23. The predicted octanol–water partition coefficient (Wildman–Crippen LogP) is 1.39. The first kappa shape index (κ1) is 12.5. The van der Waals surface area contributed by atoms with Gasteiger partial charge in [0.1, 0.15) is 11.4 Å². The first-order valence-electron chi connectivity index (χ1n) is 5.72. The monoisotopic (exact) mass is 287 g/mol. The number of aromatic nitrogens is 5. The molecule has 0 saturated heterocycles. The molecular weight excluding hydrogens is 278 g/mol. The van der Waals surface area contributed by atoms with Gasteiger partial charge in [0, 0.05) is 0 Å². The largest absolute Gasteiger partial charge is 0.481 e. The molecule has 20 heavy (non-hydrogen) atoms. The van der Waals surface area contributed by atoms with Crippen molar-refractivity contribution in [1.82, 2.24) is 25.0 Å². The summed E-state index contributed by atoms with van der Waals surface area (Å²) in [4.78, 5) is 18.9. The highest BCUT2D eigenvalue weighted by atomic mass is 32.2. The number of aliphatic carboxylic acids is 1. The van der Waals surface area contributed by atoms with Gasteiger partial charge in [-0.3, -0.25) is 4.79 Å². The Morgan fingerprint density at radius 2 is 2.05 bits per heavy atom. The maximum Gasteiger partial charge on any atom is 0.313 e. The van der Waals surface area contributed by atoms with Gasteiger partial charge in [0.05, 0.1) is 11.4 Å². The van der Waals surface area contributed by atoms with Crippen molar-refractivity contribution in [2.75, 3.05) is 5.75 Å². The van der Waals surface area contributed by atoms with E-state index in [1.54, 1.807) is 4.68 Å². The summed E-state index contributed by atoms with van der Waals surface area (Å²) in [5, 5.41) is 17.3. The zero-order valence-electron chi connectivity index (χ0n) is 10.2. The Morgan fingerprint density at radius 1 is 1.25 bits per heavy atom. The van der Waals surface area contributed by atoms with Gasteiger partial charge in [-0.25, -0.2) is 9.97 Å². The zero-order chi connectivity index (χ0) is 13.9. The lowest BCUT2D eigenvalue weighted by atomic mass is 10.3. The molecule has 0 bridgehead atoms. The summed E-state index contributed by atoms with van der Waals surface area (Å²) in [6, 6.07) is 9.47. The summed E-state index contributed by atoms with van der Waals surface area (Å²) in [7, 11) is 0. The highest BCUT2D eigenvalue weighted by molar-refractivity contribution is 8.00. The summed E-state index contributed by atoms with van der Waals surface area (Å²) in [6.07, 6.45) is 1.38. The molecule has 0 amide bonds. The van der Waals surface area contributed by atoms with Crippen molar-refractivity contribution in [1.29, 1.82) is 0 Å². The number of carboxylic acid groups (broad SMARTS) is 1. The van der Waals surface area contributed by atoms with Gasteiger partial charge in [0.15, 0.2) is 11.2 Å². The van der Waals surface area contributed by atoms with Crippen LogP contribution in [0.2, 0.25) is 0 Å². The van der Waals surface area contributed by atoms with E-state index < -0.39 is 5.97 Å². The van der Waals surface area contributed by atoms with Gasteiger partial charge in [-0.05, 0) is 12.1 Å². The lowest BCUT2D eigenvalue weighted by Gasteiger charge is -2.01. The van der Waals surface area contributed by atoms with Crippen molar-refractivity contribution < 1.29 is 9.90 Å². The van der Waals surface area contributed by atoms with Crippen molar-refractivity contribution in [2.45, 2.75) is 5.03 Å². The molecule has 0 unspecified atom stereocenters. The summed E-state index contributed by atoms with van der Waals surface area (Å²) in [6.45, 7) is 0. The quantitative estimate of drug-likeness (QED) is 0.572. The van der Waals surface area contributed by atoms with Crippen molar-refractivity contribution in [3.8, 4) is 5.69 Å². The van der Waals surface area contributed by atoms with Crippen LogP contribution in [0.1, 0.15) is 0 Å². The first-order valence-corrected chi connectivity index (χ1v) is 6.70. The molecule has 100 valence electrons. The average molecular weight is 287 g/mol. The number of carbonyl (C=O) groups is 1. The maximum atomic E-state index is 10.6. The van der Waals surface area contributed by atoms with Gasteiger partial charge in [0.25, 0.3) is 0 Å². The molecule has 0 atom stereocenters. The normalized spacial score (nSPS) is 10.8. The van der Waals surface area contributed by atoms with Gasteiger partial charge in [-0.1, -0.05) is 35.2 Å². The van der Waals surface area contributed by atoms with E-state index in [2.05, 4.69) is 20.3 Å². The molecule has 0 aliphatic rings. The van der Waals surface area contributed by atoms with E-state index in [-0.39, 0.29) is 5.75 Å². The second-order valence-electron chi connectivity index (χ2n) is 3.87. The number of hydrogen-bond acceptors (Lipinski definition) is 6. The average Bonchev–Trinajstić information content (AvgIpc) is 2.90. The Labute approximate surface area is 117 Å². The standard InChI is InChI=1S/C12H9N5O2S/c18-9(19)6-20-12-10-11(13-7-14-12)17(16-15-10)8-4-2-1-3-5-8/h1-5,7H,6H2,(H,18,19). The molecule has 0 fully saturated rings. The second-order valence-corrected chi connectivity index (χ2v) is 4.83. The number of nitrogens with zero attached hydrogens (tertiary/aromatic N) is 5. The Morgan fingerprint density at radius 3 is 2.80 bits per heavy atom. The molecule has 0 radical (unpaired) electrons. The van der Waals surface area contributed by atoms with Crippen LogP contribution in [0.25, 0.3) is 16.9 Å². The van der Waals surface area contributed by atoms with Crippen molar-refractivity contribution in [3.05, 3.63) is 36.7 Å². The summed E-state index contributed by atoms with van der Waals surface area (Å²) >= 11 is 1.10. The molecule has 0 saturated carbocycles. The second kappa shape index (κ2) is 5.25. The molecule has 3 aromatic rings. The van der Waals surface area contributed by atoms with E-state index in [0.717, 1.165) is 17.4 Å². The Bertz CT molecular complexity index is 759. The molecule has 1 N–H and O–H groups in total. The van der Waals surface area contributed by atoms with Crippen LogP contribution in [-0.2, 0) is 4.79 Å². The molecule has 7 nitrogen and oxygen atoms in total. The number of thioether (sulfide) groups is 1. The first-order chi connectivity index (χ1) is 9.75. The summed E-state index contributed by atoms with van der Waals surface area (Å²) < 4.78 is 1.60. The van der Waals surface area contributed by atoms with E-state index in [9.17, 15) is 4.79 Å². The van der Waals surface area contributed by atoms with Crippen LogP contribution in [0.15, 0.2) is 41.7 Å². The van der Waals surface area contributed by atoms with E-state index in [1.807, 2.05) is 30.3 Å². The molecule has 2 heterocycles. The number of hydrogen-bond donors (Lipinski definition) is 1. The van der Waals surface area contributed by atoms with Crippen LogP contribution in [0, 0.1) is 0 Å². The minimum Gasteiger partial charge on any atom is -0.481 e. The van der Waals surface area contributed by atoms with E-state index in [1.165, 1.54) is 6.33 Å². The van der Waals surface area contributed by atoms with Crippen LogP contribution in [0.4, 0.5) is 0 Å². The van der Waals surface area contributed by atoms with Crippen molar-refractivity contribution in [2.24, 2.45) is 0 Å². The van der Waals surface area contributed by atoms with Gasteiger partial charge in [0.2, 0.25) is 0 Å². The third-order valence-electron chi connectivity index (χ3n) is 2.54. The Balaban J connectivity index is 2.06. The number of fused-ring (bicyclic) bond motifs is 1. The number of para-hydroxylation sites is 1. The summed E-state index contributed by atoms with van der Waals surface area (Å²) in [5.41, 5.74) is 1.89. The molecule has 0 aliphatic heterocycles. The van der Waals surface area contributed by atoms with Crippen LogP contribution < -0.4 is 0 Å². The Kier molecular flexibility index (Phi) is 3.30. The topological polar surface area (TPSA) is 93.8 Å². The number of carboxylic acids is 1. The summed E-state index contributed by atoms with van der Waals surface area (Å²) in [5.74, 6) is -0.984. The number of rotatable bonds is 4. The molecule has 0 aliphatic carbocycles. The van der Waals surface area contributed by atoms with E-state index >= 15 is 0 Å². The third kappa shape index (κ3) is 2.32. The smallest absolute Gasteiger partial charge is 0.313 e. The van der Waals surface area contributed by atoms with E-state index in [0.29, 0.717) is 16.2 Å². The lowest BCUT2D eigenvalue weighted by molar-refractivity contribution is -0.133. The Hall–Kier alpha value is -2.48. The third-order valence-corrected chi connectivity index (χ3v) is 3.50. The molecule has 2 aromatic heterocycles. The zero-order valence-corrected chi connectivity index (χ0v) is 11.0. The minimum absolute atomic E-state index is 0.0791. The van der Waals surface area contributed by atoms with Crippen LogP contribution in [0.3, 0.4) is 0 Å². The fraction of sp³-hybridized carbons (Fsp3) is 0.0833. The van der Waals surface area contributed by atoms with Crippen LogP contribution in [0.5, 0.6) is 0 Å². The van der Waals surface area contributed by atoms with Gasteiger partial charge < -0.3 is 5.11 Å². The predicted molar refractivity (Wildman–Crippen MR) is 72.8 cm³/mol. The van der Waals surface area contributed by atoms with Gasteiger partial charge in [-0.15, -0.1) is 5.10 Å². The molecule has 0 spiro atoms.